The van der Waals surface area contributed by atoms with Crippen molar-refractivity contribution >= 4 is 82.4 Å². The quantitative estimate of drug-likeness (QED) is 0.0448. The van der Waals surface area contributed by atoms with Crippen molar-refractivity contribution in [1.29, 1.82) is 0 Å². The third-order valence-electron chi connectivity index (χ3n) is 7.93. The van der Waals surface area contributed by atoms with Gasteiger partial charge in [0.15, 0.2) is 0 Å². The zero-order chi connectivity index (χ0) is 43.4. The maximum absolute atomic E-state index is 13.9. The van der Waals surface area contributed by atoms with Crippen LogP contribution in [-0.4, -0.2) is 105 Å². The second-order valence-corrected chi connectivity index (χ2v) is 18.3. The van der Waals surface area contributed by atoms with Crippen molar-refractivity contribution in [2.24, 2.45) is 10.9 Å². The minimum absolute atomic E-state index is 0.0681. The standard InChI is InChI=1S/C33H35Cl2N7O5S.2CH4O3S/c1-20-16-21(2)41-31-23(20)6-3-8-28(31)47-19-24-25(34)10-12-29(30(24)35)48(45,46)42-15-4-7-27(42)33(44)38-14-5-13-37-32(43)26-11-9-22(17-39-26)18-40-36;2*1-5(2,3)4/h3,6,8-12,16-18,27H,4-5,7,13-15,19,36H2,1-2H3,(H,37,43)(H,38,44);2*1H3,(H,2,3,4)/t27-;;/m0../s1. The molecular weight excluding hydrogens is 862 g/mol. The molecule has 316 valence electrons. The first kappa shape index (κ1) is 47.9. The molecule has 0 radical (unpaired) electrons. The first-order valence-electron chi connectivity index (χ1n) is 17.1. The van der Waals surface area contributed by atoms with Crippen LogP contribution in [-0.2, 0) is 41.7 Å². The van der Waals surface area contributed by atoms with Crippen LogP contribution in [0.1, 0.15) is 52.1 Å². The molecule has 4 aromatic rings. The number of pyridine rings is 2. The summed E-state index contributed by atoms with van der Waals surface area (Å²) in [5.41, 5.74) is 3.77. The van der Waals surface area contributed by atoms with Crippen molar-refractivity contribution in [2.75, 3.05) is 32.1 Å². The Bertz CT molecular complexity index is 2430. The Labute approximate surface area is 346 Å². The van der Waals surface area contributed by atoms with E-state index >= 15 is 0 Å². The molecule has 3 heterocycles. The van der Waals surface area contributed by atoms with E-state index in [9.17, 15) is 34.8 Å². The number of aromatic nitrogens is 2. The van der Waals surface area contributed by atoms with Gasteiger partial charge in [0.1, 0.15) is 34.5 Å². The lowest BCUT2D eigenvalue weighted by Gasteiger charge is -2.24. The molecule has 1 saturated heterocycles. The number of nitrogens with two attached hydrogens (primary N) is 1. The van der Waals surface area contributed by atoms with E-state index in [-0.39, 0.29) is 52.8 Å². The van der Waals surface area contributed by atoms with E-state index in [0.717, 1.165) is 16.6 Å². The van der Waals surface area contributed by atoms with Gasteiger partial charge in [0.25, 0.3) is 26.1 Å². The Morgan fingerprint density at radius 2 is 1.66 bits per heavy atom. The summed E-state index contributed by atoms with van der Waals surface area (Å²) in [6, 6.07) is 12.7. The fourth-order valence-corrected chi connectivity index (χ4v) is 8.08. The van der Waals surface area contributed by atoms with Crippen molar-refractivity contribution in [1.82, 2.24) is 24.9 Å². The molecule has 6 N–H and O–H groups in total. The SMILES string of the molecule is CS(=O)(=O)O.CS(=O)(=O)O.Cc1cc(C)c2cccc(OCc3c(Cl)ccc(S(=O)(=O)N4CCC[C@H]4C(=O)NCCCNC(=O)c4ccc(C=NN)cn4)c3Cl)c2n1. The Hall–Kier alpha value is -4.48. The van der Waals surface area contributed by atoms with Gasteiger partial charge >= 0.3 is 0 Å². The number of hydrazone groups is 1. The molecule has 1 aliphatic rings. The van der Waals surface area contributed by atoms with E-state index < -0.39 is 42.2 Å². The zero-order valence-corrected chi connectivity index (χ0v) is 35.7. The predicted molar refractivity (Wildman–Crippen MR) is 220 cm³/mol. The van der Waals surface area contributed by atoms with E-state index in [1.54, 1.807) is 18.2 Å². The summed E-state index contributed by atoms with van der Waals surface area (Å²) in [4.78, 5) is 34.0. The molecule has 0 spiro atoms. The van der Waals surface area contributed by atoms with Gasteiger partial charge in [-0.25, -0.2) is 13.4 Å². The minimum Gasteiger partial charge on any atom is -0.487 e. The van der Waals surface area contributed by atoms with Gasteiger partial charge < -0.3 is 21.2 Å². The van der Waals surface area contributed by atoms with Crippen LogP contribution in [0.2, 0.25) is 10.0 Å². The number of nitrogens with one attached hydrogen (secondary N) is 2. The lowest BCUT2D eigenvalue weighted by Crippen LogP contribution is -2.46. The molecule has 1 atom stereocenters. The van der Waals surface area contributed by atoms with Crippen LogP contribution in [0.5, 0.6) is 5.75 Å². The Morgan fingerprint density at radius 1 is 1.00 bits per heavy atom. The molecule has 1 fully saturated rings. The topological polar surface area (TPSA) is 278 Å². The Morgan fingerprint density at radius 3 is 2.28 bits per heavy atom. The Kier molecular flexibility index (Phi) is 17.3. The van der Waals surface area contributed by atoms with Gasteiger partial charge in [0, 0.05) is 53.1 Å². The number of aryl methyl sites for hydroxylation is 2. The van der Waals surface area contributed by atoms with Gasteiger partial charge in [0.2, 0.25) is 15.9 Å². The average molecular weight is 905 g/mol. The number of carbonyl (C=O) groups excluding carboxylic acids is 2. The number of carbonyl (C=O) groups is 2. The molecular formula is C35H43Cl2N7O11S3. The van der Waals surface area contributed by atoms with Crippen molar-refractivity contribution in [3.05, 3.63) is 92.9 Å². The van der Waals surface area contributed by atoms with E-state index in [0.29, 0.717) is 54.2 Å². The predicted octanol–water partition coefficient (Wildman–Crippen LogP) is 3.52. The highest BCUT2D eigenvalue weighted by atomic mass is 35.5. The number of nitrogens with zero attached hydrogens (tertiary/aromatic N) is 4. The minimum atomic E-state index is -4.18. The van der Waals surface area contributed by atoms with Gasteiger partial charge in [-0.1, -0.05) is 35.3 Å². The smallest absolute Gasteiger partial charge is 0.269 e. The van der Waals surface area contributed by atoms with Gasteiger partial charge in [-0.2, -0.15) is 26.2 Å². The zero-order valence-electron chi connectivity index (χ0n) is 31.7. The number of hydrogen-bond acceptors (Lipinski definition) is 13. The molecule has 0 unspecified atom stereocenters. The number of benzene rings is 2. The monoisotopic (exact) mass is 903 g/mol. The van der Waals surface area contributed by atoms with Gasteiger partial charge in [-0.05, 0) is 75.1 Å². The van der Waals surface area contributed by atoms with Crippen LogP contribution in [0.4, 0.5) is 0 Å². The summed E-state index contributed by atoms with van der Waals surface area (Å²) in [6.07, 6.45) is 5.60. The number of para-hydroxylation sites is 1. The van der Waals surface area contributed by atoms with E-state index in [1.807, 2.05) is 32.0 Å². The molecule has 0 aliphatic carbocycles. The third-order valence-corrected chi connectivity index (χ3v) is 10.8. The van der Waals surface area contributed by atoms with Crippen LogP contribution in [0.3, 0.4) is 0 Å². The molecule has 1 aliphatic heterocycles. The molecule has 23 heteroatoms. The highest BCUT2D eigenvalue weighted by Gasteiger charge is 2.40. The van der Waals surface area contributed by atoms with Gasteiger partial charge in [0.05, 0.1) is 23.7 Å². The number of hydrogen-bond donors (Lipinski definition) is 5. The maximum atomic E-state index is 13.9. The number of amides is 2. The van der Waals surface area contributed by atoms with Crippen LogP contribution in [0.15, 0.2) is 64.7 Å². The molecule has 2 aromatic carbocycles. The molecule has 18 nitrogen and oxygen atoms in total. The van der Waals surface area contributed by atoms with Gasteiger partial charge in [-0.15, -0.1) is 0 Å². The lowest BCUT2D eigenvalue weighted by molar-refractivity contribution is -0.124. The van der Waals surface area contributed by atoms with E-state index in [1.165, 1.54) is 28.8 Å². The molecule has 2 aromatic heterocycles. The number of sulfonamides is 1. The summed E-state index contributed by atoms with van der Waals surface area (Å²) in [7, 11) is -11.5. The van der Waals surface area contributed by atoms with Crippen molar-refractivity contribution < 1.29 is 48.7 Å². The number of fused-ring (bicyclic) bond motifs is 1. The third kappa shape index (κ3) is 14.7. The first-order chi connectivity index (χ1) is 27.0. The number of ether oxygens (including phenoxy) is 1. The summed E-state index contributed by atoms with van der Waals surface area (Å²) < 4.78 is 86.8. The Balaban J connectivity index is 0.000000803. The largest absolute Gasteiger partial charge is 0.487 e. The normalized spacial score (nSPS) is 14.6. The molecule has 2 amide bonds. The summed E-state index contributed by atoms with van der Waals surface area (Å²) in [5.74, 6) is 4.84. The fraction of sp³-hybridized carbons (Fsp3) is 0.343. The van der Waals surface area contributed by atoms with Crippen LogP contribution in [0, 0.1) is 13.8 Å². The molecule has 0 bridgehead atoms. The highest BCUT2D eigenvalue weighted by Crippen LogP contribution is 2.36. The average Bonchev–Trinajstić information content (AvgIpc) is 3.62. The van der Waals surface area contributed by atoms with Crippen LogP contribution >= 0.6 is 23.2 Å². The number of rotatable bonds is 12. The number of halogens is 2. The summed E-state index contributed by atoms with van der Waals surface area (Å²) in [6.45, 7) is 4.46. The van der Waals surface area contributed by atoms with Gasteiger partial charge in [-0.3, -0.25) is 23.7 Å². The van der Waals surface area contributed by atoms with Crippen molar-refractivity contribution in [2.45, 2.75) is 50.7 Å². The summed E-state index contributed by atoms with van der Waals surface area (Å²) >= 11 is 13.2. The molecule has 5 rings (SSSR count). The summed E-state index contributed by atoms with van der Waals surface area (Å²) in [5, 5.41) is 10.1. The highest BCUT2D eigenvalue weighted by molar-refractivity contribution is 7.89. The van der Waals surface area contributed by atoms with Crippen LogP contribution < -0.4 is 21.2 Å². The van der Waals surface area contributed by atoms with E-state index in [2.05, 4.69) is 25.7 Å². The maximum Gasteiger partial charge on any atom is 0.269 e. The first-order valence-corrected chi connectivity index (χ1v) is 23.0. The molecule has 0 saturated carbocycles. The molecule has 58 heavy (non-hydrogen) atoms. The van der Waals surface area contributed by atoms with Crippen LogP contribution in [0.25, 0.3) is 10.9 Å². The lowest BCUT2D eigenvalue weighted by atomic mass is 10.1. The second kappa shape index (κ2) is 21.0. The fourth-order valence-electron chi connectivity index (χ4n) is 5.56. The van der Waals surface area contributed by atoms with Crippen molar-refractivity contribution in [3.8, 4) is 5.75 Å². The van der Waals surface area contributed by atoms with E-state index in [4.69, 9.17) is 42.9 Å². The van der Waals surface area contributed by atoms with Crippen molar-refractivity contribution in [3.63, 3.8) is 0 Å². The second-order valence-electron chi connectivity index (χ2n) is 12.8.